The van der Waals surface area contributed by atoms with E-state index in [1.807, 2.05) is 25.1 Å². The Bertz CT molecular complexity index is 748. The van der Waals surface area contributed by atoms with Gasteiger partial charge in [0, 0.05) is 11.6 Å². The molecule has 24 heavy (non-hydrogen) atoms. The molecule has 0 aliphatic carbocycles. The number of nitrogens with one attached hydrogen (secondary N) is 1. The van der Waals surface area contributed by atoms with Gasteiger partial charge in [-0.15, -0.1) is 0 Å². The SMILES string of the molecule is Cc1cc(Cl)ccc1OCC(=O)NCc1ccc2c(c1)OCCO2. The summed E-state index contributed by atoms with van der Waals surface area (Å²) in [7, 11) is 0. The molecule has 2 aromatic rings. The van der Waals surface area contributed by atoms with Gasteiger partial charge in [0.2, 0.25) is 0 Å². The van der Waals surface area contributed by atoms with Crippen LogP contribution in [0.5, 0.6) is 17.2 Å². The molecule has 0 saturated carbocycles. The van der Waals surface area contributed by atoms with Crippen LogP contribution in [0.2, 0.25) is 5.02 Å². The van der Waals surface area contributed by atoms with Crippen LogP contribution in [-0.4, -0.2) is 25.7 Å². The number of benzene rings is 2. The van der Waals surface area contributed by atoms with E-state index in [1.54, 1.807) is 18.2 Å². The molecule has 5 nitrogen and oxygen atoms in total. The third-order valence-corrected chi connectivity index (χ3v) is 3.83. The molecule has 0 atom stereocenters. The van der Waals surface area contributed by atoms with Gasteiger partial charge in [-0.25, -0.2) is 0 Å². The standard InChI is InChI=1S/C18H18ClNO4/c1-12-8-14(19)3-5-15(12)24-11-18(21)20-10-13-2-4-16-17(9-13)23-7-6-22-16/h2-5,8-9H,6-7,10-11H2,1H3,(H,20,21). The number of halogens is 1. The smallest absolute Gasteiger partial charge is 0.258 e. The predicted molar refractivity (Wildman–Crippen MR) is 91.0 cm³/mol. The number of carbonyl (C=O) groups is 1. The van der Waals surface area contributed by atoms with Crippen molar-refractivity contribution in [1.82, 2.24) is 5.32 Å². The van der Waals surface area contributed by atoms with E-state index in [4.69, 9.17) is 25.8 Å². The van der Waals surface area contributed by atoms with Crippen molar-refractivity contribution in [2.75, 3.05) is 19.8 Å². The number of aryl methyl sites for hydroxylation is 1. The van der Waals surface area contributed by atoms with Crippen molar-refractivity contribution in [3.63, 3.8) is 0 Å². The molecule has 126 valence electrons. The molecule has 1 heterocycles. The summed E-state index contributed by atoms with van der Waals surface area (Å²) in [5.41, 5.74) is 1.83. The molecule has 1 amide bonds. The second kappa shape index (κ2) is 7.45. The van der Waals surface area contributed by atoms with E-state index in [0.717, 1.165) is 16.9 Å². The highest BCUT2D eigenvalue weighted by molar-refractivity contribution is 6.30. The van der Waals surface area contributed by atoms with Gasteiger partial charge in [0.25, 0.3) is 5.91 Å². The van der Waals surface area contributed by atoms with Crippen molar-refractivity contribution in [1.29, 1.82) is 0 Å². The van der Waals surface area contributed by atoms with Gasteiger partial charge in [0.15, 0.2) is 18.1 Å². The van der Waals surface area contributed by atoms with Gasteiger partial charge in [-0.1, -0.05) is 17.7 Å². The zero-order valence-corrected chi connectivity index (χ0v) is 14.1. The number of amides is 1. The van der Waals surface area contributed by atoms with Gasteiger partial charge >= 0.3 is 0 Å². The maximum Gasteiger partial charge on any atom is 0.258 e. The summed E-state index contributed by atoms with van der Waals surface area (Å²) < 4.78 is 16.5. The van der Waals surface area contributed by atoms with Gasteiger partial charge in [0.1, 0.15) is 19.0 Å². The first-order chi connectivity index (χ1) is 11.6. The first-order valence-corrected chi connectivity index (χ1v) is 8.04. The Morgan fingerprint density at radius 1 is 1.17 bits per heavy atom. The van der Waals surface area contributed by atoms with Crippen molar-refractivity contribution in [3.8, 4) is 17.2 Å². The molecule has 1 aliphatic heterocycles. The molecule has 0 fully saturated rings. The molecule has 1 N–H and O–H groups in total. The van der Waals surface area contributed by atoms with E-state index >= 15 is 0 Å². The van der Waals surface area contributed by atoms with Gasteiger partial charge in [-0.2, -0.15) is 0 Å². The Morgan fingerprint density at radius 3 is 2.75 bits per heavy atom. The topological polar surface area (TPSA) is 56.8 Å². The zero-order valence-electron chi connectivity index (χ0n) is 13.3. The van der Waals surface area contributed by atoms with Crippen molar-refractivity contribution >= 4 is 17.5 Å². The average molecular weight is 348 g/mol. The quantitative estimate of drug-likeness (QED) is 0.903. The molecule has 1 aliphatic rings. The fraction of sp³-hybridized carbons (Fsp3) is 0.278. The molecular formula is C18H18ClNO4. The highest BCUT2D eigenvalue weighted by Gasteiger charge is 2.12. The van der Waals surface area contributed by atoms with Crippen LogP contribution in [0.15, 0.2) is 36.4 Å². The molecule has 0 spiro atoms. The van der Waals surface area contributed by atoms with Crippen LogP contribution < -0.4 is 19.5 Å². The van der Waals surface area contributed by atoms with E-state index in [-0.39, 0.29) is 12.5 Å². The van der Waals surface area contributed by atoms with Gasteiger partial charge < -0.3 is 19.5 Å². The minimum atomic E-state index is -0.195. The Labute approximate surface area is 145 Å². The molecule has 0 saturated heterocycles. The molecule has 0 bridgehead atoms. The van der Waals surface area contributed by atoms with Crippen LogP contribution in [0.1, 0.15) is 11.1 Å². The van der Waals surface area contributed by atoms with E-state index in [1.165, 1.54) is 0 Å². The Balaban J connectivity index is 1.50. The predicted octanol–water partition coefficient (Wildman–Crippen LogP) is 3.11. The molecular weight excluding hydrogens is 330 g/mol. The van der Waals surface area contributed by atoms with Crippen LogP contribution in [0.25, 0.3) is 0 Å². The van der Waals surface area contributed by atoms with E-state index in [0.29, 0.717) is 36.3 Å². The van der Waals surface area contributed by atoms with Gasteiger partial charge in [-0.3, -0.25) is 4.79 Å². The molecule has 6 heteroatoms. The first-order valence-electron chi connectivity index (χ1n) is 7.66. The summed E-state index contributed by atoms with van der Waals surface area (Å²) in [6, 6.07) is 10.9. The number of rotatable bonds is 5. The lowest BCUT2D eigenvalue weighted by Crippen LogP contribution is -2.28. The highest BCUT2D eigenvalue weighted by atomic mass is 35.5. The van der Waals surface area contributed by atoms with Gasteiger partial charge in [0.05, 0.1) is 0 Å². The molecule has 2 aromatic carbocycles. The summed E-state index contributed by atoms with van der Waals surface area (Å²) in [6.45, 7) is 3.33. The first kappa shape index (κ1) is 16.5. The molecule has 0 aromatic heterocycles. The molecule has 0 radical (unpaired) electrons. The fourth-order valence-corrected chi connectivity index (χ4v) is 2.59. The maximum absolute atomic E-state index is 11.9. The minimum absolute atomic E-state index is 0.0486. The average Bonchev–Trinajstić information content (AvgIpc) is 2.59. The minimum Gasteiger partial charge on any atom is -0.486 e. The summed E-state index contributed by atoms with van der Waals surface area (Å²) in [6.07, 6.45) is 0. The number of hydrogen-bond acceptors (Lipinski definition) is 4. The second-order valence-corrected chi connectivity index (χ2v) is 5.89. The van der Waals surface area contributed by atoms with Gasteiger partial charge in [-0.05, 0) is 48.4 Å². The number of ether oxygens (including phenoxy) is 3. The van der Waals surface area contributed by atoms with Crippen LogP contribution in [0.4, 0.5) is 0 Å². The Kier molecular flexibility index (Phi) is 5.11. The largest absolute Gasteiger partial charge is 0.486 e. The third kappa shape index (κ3) is 4.11. The Morgan fingerprint density at radius 2 is 1.96 bits per heavy atom. The van der Waals surface area contributed by atoms with Crippen molar-refractivity contribution in [2.24, 2.45) is 0 Å². The summed E-state index contributed by atoms with van der Waals surface area (Å²) >= 11 is 5.89. The van der Waals surface area contributed by atoms with E-state index < -0.39 is 0 Å². The fourth-order valence-electron chi connectivity index (χ4n) is 2.37. The monoisotopic (exact) mass is 347 g/mol. The molecule has 0 unspecified atom stereocenters. The second-order valence-electron chi connectivity index (χ2n) is 5.45. The highest BCUT2D eigenvalue weighted by Crippen LogP contribution is 2.30. The number of fused-ring (bicyclic) bond motifs is 1. The van der Waals surface area contributed by atoms with Crippen molar-refractivity contribution < 1.29 is 19.0 Å². The lowest BCUT2D eigenvalue weighted by molar-refractivity contribution is -0.123. The normalized spacial score (nSPS) is 12.6. The Hall–Kier alpha value is -2.40. The summed E-state index contributed by atoms with van der Waals surface area (Å²) in [4.78, 5) is 11.9. The lowest BCUT2D eigenvalue weighted by atomic mass is 10.2. The van der Waals surface area contributed by atoms with Crippen molar-refractivity contribution in [3.05, 3.63) is 52.5 Å². The van der Waals surface area contributed by atoms with Crippen LogP contribution >= 0.6 is 11.6 Å². The summed E-state index contributed by atoms with van der Waals surface area (Å²) in [5.74, 6) is 1.90. The third-order valence-electron chi connectivity index (χ3n) is 3.59. The van der Waals surface area contributed by atoms with Crippen LogP contribution in [-0.2, 0) is 11.3 Å². The van der Waals surface area contributed by atoms with Crippen LogP contribution in [0.3, 0.4) is 0 Å². The van der Waals surface area contributed by atoms with Crippen LogP contribution in [0, 0.1) is 6.92 Å². The summed E-state index contributed by atoms with van der Waals surface area (Å²) in [5, 5.41) is 3.46. The number of carbonyl (C=O) groups excluding carboxylic acids is 1. The van der Waals surface area contributed by atoms with E-state index in [9.17, 15) is 4.79 Å². The zero-order chi connectivity index (χ0) is 16.9. The molecule has 3 rings (SSSR count). The lowest BCUT2D eigenvalue weighted by Gasteiger charge is -2.19. The maximum atomic E-state index is 11.9. The van der Waals surface area contributed by atoms with E-state index in [2.05, 4.69) is 5.32 Å². The van der Waals surface area contributed by atoms with Crippen molar-refractivity contribution in [2.45, 2.75) is 13.5 Å². The number of hydrogen-bond donors (Lipinski definition) is 1.